The second-order valence-corrected chi connectivity index (χ2v) is 10.0. The summed E-state index contributed by atoms with van der Waals surface area (Å²) < 4.78 is 39.2. The van der Waals surface area contributed by atoms with Crippen molar-refractivity contribution in [1.29, 1.82) is 0 Å². The van der Waals surface area contributed by atoms with Crippen molar-refractivity contribution in [3.05, 3.63) is 76.3 Å². The lowest BCUT2D eigenvalue weighted by atomic mass is 10.1. The van der Waals surface area contributed by atoms with Gasteiger partial charge in [0.25, 0.3) is 10.0 Å². The van der Waals surface area contributed by atoms with Gasteiger partial charge in [0.1, 0.15) is 22.9 Å². The van der Waals surface area contributed by atoms with E-state index in [-0.39, 0.29) is 21.4 Å². The molecule has 0 aliphatic carbocycles. The Kier molecular flexibility index (Phi) is 7.74. The Labute approximate surface area is 205 Å². The quantitative estimate of drug-likeness (QED) is 0.462. The number of anilines is 2. The molecule has 1 amide bonds. The average Bonchev–Trinajstić information content (AvgIpc) is 2.79. The molecule has 0 saturated heterocycles. The smallest absolute Gasteiger partial charge is 0.268 e. The maximum Gasteiger partial charge on any atom is 0.268 e. The number of ether oxygens (including phenoxy) is 2. The first-order valence-electron chi connectivity index (χ1n) is 10.5. The van der Waals surface area contributed by atoms with Crippen LogP contribution in [0.1, 0.15) is 16.7 Å². The second-order valence-electron chi connectivity index (χ2n) is 7.80. The maximum atomic E-state index is 13.8. The summed E-state index contributed by atoms with van der Waals surface area (Å²) in [4.78, 5) is 13.0. The summed E-state index contributed by atoms with van der Waals surface area (Å²) >= 11 is 6.29. The number of amides is 1. The molecular weight excluding hydrogens is 476 g/mol. The van der Waals surface area contributed by atoms with Gasteiger partial charge in [0.05, 0.1) is 24.9 Å². The Morgan fingerprint density at radius 1 is 0.941 bits per heavy atom. The number of carbonyl (C=O) groups is 1. The minimum absolute atomic E-state index is 0.0539. The zero-order chi connectivity index (χ0) is 25.0. The third-order valence-corrected chi connectivity index (χ3v) is 7.43. The van der Waals surface area contributed by atoms with Gasteiger partial charge in [-0.3, -0.25) is 9.10 Å². The topological polar surface area (TPSA) is 84.9 Å². The van der Waals surface area contributed by atoms with E-state index in [1.807, 2.05) is 32.0 Å². The lowest BCUT2D eigenvalue weighted by molar-refractivity contribution is -0.114. The van der Waals surface area contributed by atoms with Crippen LogP contribution in [-0.2, 0) is 14.8 Å². The van der Waals surface area contributed by atoms with Crippen LogP contribution in [0.2, 0.25) is 5.02 Å². The number of aryl methyl sites for hydroxylation is 3. The Hall–Kier alpha value is -3.23. The van der Waals surface area contributed by atoms with Gasteiger partial charge in [0, 0.05) is 5.69 Å². The van der Waals surface area contributed by atoms with E-state index < -0.39 is 22.5 Å². The predicted octanol–water partition coefficient (Wildman–Crippen LogP) is 5.12. The summed E-state index contributed by atoms with van der Waals surface area (Å²) in [7, 11) is -1.36. The number of sulfonamides is 1. The molecule has 0 aliphatic rings. The van der Waals surface area contributed by atoms with Crippen molar-refractivity contribution in [2.75, 3.05) is 30.4 Å². The lowest BCUT2D eigenvalue weighted by Gasteiger charge is -2.26. The SMILES string of the molecule is COc1ccc(N(CC(=O)Nc2c(C)cccc2C)S(=O)(=O)c2cc(C)ccc2OC)cc1Cl. The molecule has 180 valence electrons. The Balaban J connectivity index is 2.09. The number of carbonyl (C=O) groups excluding carboxylic acids is 1. The molecule has 0 saturated carbocycles. The summed E-state index contributed by atoms with van der Waals surface area (Å²) in [6.45, 7) is 5.05. The predicted molar refractivity (Wildman–Crippen MR) is 135 cm³/mol. The van der Waals surface area contributed by atoms with E-state index in [0.29, 0.717) is 11.4 Å². The molecule has 0 spiro atoms. The van der Waals surface area contributed by atoms with E-state index in [2.05, 4.69) is 5.32 Å². The molecule has 0 atom stereocenters. The van der Waals surface area contributed by atoms with Gasteiger partial charge in [0.2, 0.25) is 5.91 Å². The number of nitrogens with zero attached hydrogens (tertiary/aromatic N) is 1. The van der Waals surface area contributed by atoms with Crippen LogP contribution in [0.5, 0.6) is 11.5 Å². The molecule has 0 bridgehead atoms. The van der Waals surface area contributed by atoms with Crippen molar-refractivity contribution < 1.29 is 22.7 Å². The Bertz CT molecular complexity index is 1300. The molecule has 3 aromatic rings. The van der Waals surface area contributed by atoms with Crippen LogP contribution in [0.15, 0.2) is 59.5 Å². The van der Waals surface area contributed by atoms with E-state index in [1.54, 1.807) is 25.1 Å². The van der Waals surface area contributed by atoms with Crippen LogP contribution < -0.4 is 19.1 Å². The summed E-state index contributed by atoms with van der Waals surface area (Å²) in [6.07, 6.45) is 0. The monoisotopic (exact) mass is 502 g/mol. The Morgan fingerprint density at radius 2 is 1.56 bits per heavy atom. The van der Waals surface area contributed by atoms with Gasteiger partial charge in [-0.1, -0.05) is 35.9 Å². The highest BCUT2D eigenvalue weighted by molar-refractivity contribution is 7.93. The number of hydrogen-bond donors (Lipinski definition) is 1. The van der Waals surface area contributed by atoms with Gasteiger partial charge in [-0.25, -0.2) is 8.42 Å². The van der Waals surface area contributed by atoms with Gasteiger partial charge in [-0.2, -0.15) is 0 Å². The van der Waals surface area contributed by atoms with E-state index in [4.69, 9.17) is 21.1 Å². The number of benzene rings is 3. The van der Waals surface area contributed by atoms with E-state index in [9.17, 15) is 13.2 Å². The van der Waals surface area contributed by atoms with E-state index >= 15 is 0 Å². The molecule has 0 unspecified atom stereocenters. The minimum atomic E-state index is -4.22. The van der Waals surface area contributed by atoms with Gasteiger partial charge in [-0.05, 0) is 67.8 Å². The van der Waals surface area contributed by atoms with Crippen LogP contribution in [0.3, 0.4) is 0 Å². The van der Waals surface area contributed by atoms with Crippen LogP contribution in [-0.4, -0.2) is 35.1 Å². The van der Waals surface area contributed by atoms with Gasteiger partial charge < -0.3 is 14.8 Å². The number of rotatable bonds is 8. The standard InChI is InChI=1S/C25H27ClN2O5S/c1-16-9-11-22(33-5)23(13-16)34(30,31)28(19-10-12-21(32-4)20(26)14-19)15-24(29)27-25-17(2)7-6-8-18(25)3/h6-14H,15H2,1-5H3,(H,27,29). The minimum Gasteiger partial charge on any atom is -0.495 e. The van der Waals surface area contributed by atoms with Gasteiger partial charge in [-0.15, -0.1) is 0 Å². The number of hydrogen-bond acceptors (Lipinski definition) is 5. The molecule has 1 N–H and O–H groups in total. The molecule has 3 rings (SSSR count). The number of methoxy groups -OCH3 is 2. The second kappa shape index (κ2) is 10.4. The van der Waals surface area contributed by atoms with E-state index in [0.717, 1.165) is 21.0 Å². The largest absolute Gasteiger partial charge is 0.495 e. The van der Waals surface area contributed by atoms with Crippen molar-refractivity contribution in [2.24, 2.45) is 0 Å². The molecule has 0 fully saturated rings. The molecule has 0 heterocycles. The highest BCUT2D eigenvalue weighted by Gasteiger charge is 2.31. The molecular formula is C25H27ClN2O5S. The molecule has 34 heavy (non-hydrogen) atoms. The maximum absolute atomic E-state index is 13.8. The first-order chi connectivity index (χ1) is 16.1. The fourth-order valence-corrected chi connectivity index (χ4v) is 5.46. The van der Waals surface area contributed by atoms with Crippen molar-refractivity contribution in [1.82, 2.24) is 0 Å². The van der Waals surface area contributed by atoms with Crippen LogP contribution in [0.4, 0.5) is 11.4 Å². The van der Waals surface area contributed by atoms with Crippen LogP contribution in [0.25, 0.3) is 0 Å². The first kappa shape index (κ1) is 25.4. The van der Waals surface area contributed by atoms with E-state index in [1.165, 1.54) is 32.4 Å². The van der Waals surface area contributed by atoms with Crippen molar-refractivity contribution in [3.8, 4) is 11.5 Å². The zero-order valence-corrected chi connectivity index (χ0v) is 21.3. The van der Waals surface area contributed by atoms with Crippen LogP contribution >= 0.6 is 11.6 Å². The highest BCUT2D eigenvalue weighted by atomic mass is 35.5. The summed E-state index contributed by atoms with van der Waals surface area (Å²) in [5.74, 6) is 0.0563. The molecule has 0 aromatic heterocycles. The lowest BCUT2D eigenvalue weighted by Crippen LogP contribution is -2.38. The third-order valence-electron chi connectivity index (χ3n) is 5.34. The fourth-order valence-electron chi connectivity index (χ4n) is 3.55. The summed E-state index contributed by atoms with van der Waals surface area (Å²) in [5, 5.41) is 3.06. The number of para-hydroxylation sites is 1. The van der Waals surface area contributed by atoms with Crippen LogP contribution in [0, 0.1) is 20.8 Å². The fraction of sp³-hybridized carbons (Fsp3) is 0.240. The zero-order valence-electron chi connectivity index (χ0n) is 19.7. The highest BCUT2D eigenvalue weighted by Crippen LogP contribution is 2.34. The number of halogens is 1. The van der Waals surface area contributed by atoms with Crippen molar-refractivity contribution in [3.63, 3.8) is 0 Å². The third kappa shape index (κ3) is 5.29. The van der Waals surface area contributed by atoms with Gasteiger partial charge in [0.15, 0.2) is 0 Å². The summed E-state index contributed by atoms with van der Waals surface area (Å²) in [6, 6.07) is 15.0. The van der Waals surface area contributed by atoms with Crippen molar-refractivity contribution >= 4 is 38.9 Å². The molecule has 0 radical (unpaired) electrons. The normalized spacial score (nSPS) is 11.1. The summed E-state index contributed by atoms with van der Waals surface area (Å²) in [5.41, 5.74) is 3.33. The molecule has 0 aliphatic heterocycles. The average molecular weight is 503 g/mol. The number of nitrogens with one attached hydrogen (secondary N) is 1. The molecule has 9 heteroatoms. The van der Waals surface area contributed by atoms with Crippen molar-refractivity contribution in [2.45, 2.75) is 25.7 Å². The molecule has 7 nitrogen and oxygen atoms in total. The Morgan fingerprint density at radius 3 is 2.15 bits per heavy atom. The first-order valence-corrected chi connectivity index (χ1v) is 12.3. The molecule has 3 aromatic carbocycles. The van der Waals surface area contributed by atoms with Gasteiger partial charge >= 0.3 is 0 Å².